The van der Waals surface area contributed by atoms with Crippen molar-refractivity contribution in [2.75, 3.05) is 24.8 Å². The number of halogens is 1. The highest BCUT2D eigenvalue weighted by atomic mass is 35.5. The molecule has 0 aliphatic rings. The molecule has 68 valence electrons. The van der Waals surface area contributed by atoms with Crippen LogP contribution in [0.2, 0.25) is 0 Å². The van der Waals surface area contributed by atoms with E-state index in [2.05, 4.69) is 13.8 Å². The molecule has 0 heterocycles. The van der Waals surface area contributed by atoms with E-state index in [1.807, 2.05) is 11.8 Å². The third kappa shape index (κ3) is 8.51. The molecule has 0 N–H and O–H groups in total. The Labute approximate surface area is 78.8 Å². The van der Waals surface area contributed by atoms with Crippen LogP contribution in [0.25, 0.3) is 0 Å². The molecule has 0 aliphatic carbocycles. The summed E-state index contributed by atoms with van der Waals surface area (Å²) in [5.74, 6) is 1.69. The second kappa shape index (κ2) is 8.69. The number of alkyl halides is 1. The Kier molecular flexibility index (Phi) is 9.17. The minimum absolute atomic E-state index is 0.605. The molecule has 0 aliphatic heterocycles. The van der Waals surface area contributed by atoms with Crippen molar-refractivity contribution in [3.8, 4) is 0 Å². The average molecular weight is 197 g/mol. The van der Waals surface area contributed by atoms with Crippen molar-refractivity contribution in [1.82, 2.24) is 0 Å². The van der Waals surface area contributed by atoms with Gasteiger partial charge in [0, 0.05) is 16.9 Å². The van der Waals surface area contributed by atoms with Crippen LogP contribution in [0.3, 0.4) is 0 Å². The van der Waals surface area contributed by atoms with Crippen LogP contribution >= 0.6 is 23.4 Å². The van der Waals surface area contributed by atoms with Gasteiger partial charge in [-0.3, -0.25) is 0 Å². The molecule has 0 saturated carbocycles. The van der Waals surface area contributed by atoms with E-state index in [9.17, 15) is 0 Å². The molecule has 0 aromatic carbocycles. The highest BCUT2D eigenvalue weighted by molar-refractivity contribution is 7.99. The lowest BCUT2D eigenvalue weighted by Gasteiger charge is -2.07. The van der Waals surface area contributed by atoms with Gasteiger partial charge in [-0.15, -0.1) is 11.6 Å². The molecule has 0 radical (unpaired) electrons. The minimum Gasteiger partial charge on any atom is -0.379 e. The molecular weight excluding hydrogens is 180 g/mol. The van der Waals surface area contributed by atoms with E-state index in [0.29, 0.717) is 12.5 Å². The smallest absolute Gasteiger partial charge is 0.0602 e. The molecule has 1 nitrogen and oxygen atoms in total. The molecule has 0 rings (SSSR count). The summed E-state index contributed by atoms with van der Waals surface area (Å²) >= 11 is 7.40. The third-order valence-electron chi connectivity index (χ3n) is 1.43. The maximum absolute atomic E-state index is 5.44. The summed E-state index contributed by atoms with van der Waals surface area (Å²) in [5.41, 5.74) is 0. The summed E-state index contributed by atoms with van der Waals surface area (Å²) in [5, 5.41) is 0.759. The first-order valence-corrected chi connectivity index (χ1v) is 5.64. The molecule has 0 aromatic heterocycles. The summed E-state index contributed by atoms with van der Waals surface area (Å²) in [6, 6.07) is 0. The zero-order valence-corrected chi connectivity index (χ0v) is 8.88. The second-order valence-electron chi connectivity index (χ2n) is 2.39. The van der Waals surface area contributed by atoms with Gasteiger partial charge < -0.3 is 4.74 Å². The van der Waals surface area contributed by atoms with E-state index < -0.39 is 0 Å². The maximum atomic E-state index is 5.44. The zero-order chi connectivity index (χ0) is 8.53. The van der Waals surface area contributed by atoms with Gasteiger partial charge >= 0.3 is 0 Å². The van der Waals surface area contributed by atoms with Gasteiger partial charge in [0.05, 0.1) is 13.2 Å². The summed E-state index contributed by atoms with van der Waals surface area (Å²) < 4.78 is 5.22. The summed E-state index contributed by atoms with van der Waals surface area (Å²) in [6.07, 6.45) is 1.24. The Balaban J connectivity index is 2.89. The Morgan fingerprint density at radius 2 is 2.18 bits per heavy atom. The summed E-state index contributed by atoms with van der Waals surface area (Å²) in [6.45, 7) is 5.97. The van der Waals surface area contributed by atoms with Gasteiger partial charge in [0.25, 0.3) is 0 Å². The number of ether oxygens (including phenoxy) is 1. The van der Waals surface area contributed by atoms with Gasteiger partial charge in [-0.05, 0) is 6.42 Å². The molecule has 0 spiro atoms. The van der Waals surface area contributed by atoms with E-state index in [4.69, 9.17) is 16.3 Å². The maximum Gasteiger partial charge on any atom is 0.0602 e. The van der Waals surface area contributed by atoms with Crippen molar-refractivity contribution in [3.63, 3.8) is 0 Å². The lowest BCUT2D eigenvalue weighted by Crippen LogP contribution is -2.03. The van der Waals surface area contributed by atoms with Crippen molar-refractivity contribution in [2.24, 2.45) is 0 Å². The number of hydrogen-bond acceptors (Lipinski definition) is 2. The Bertz CT molecular complexity index is 80.5. The van der Waals surface area contributed by atoms with Crippen molar-refractivity contribution in [2.45, 2.75) is 25.5 Å². The van der Waals surface area contributed by atoms with E-state index in [-0.39, 0.29) is 0 Å². The van der Waals surface area contributed by atoms with Crippen LogP contribution in [0.5, 0.6) is 0 Å². The van der Waals surface area contributed by atoms with Gasteiger partial charge in [0.2, 0.25) is 0 Å². The van der Waals surface area contributed by atoms with Crippen LogP contribution in [0.1, 0.15) is 20.3 Å². The quantitative estimate of drug-likeness (QED) is 0.458. The van der Waals surface area contributed by atoms with E-state index in [1.165, 1.54) is 6.42 Å². The lowest BCUT2D eigenvalue weighted by molar-refractivity contribution is 0.166. The molecule has 3 heteroatoms. The fourth-order valence-electron chi connectivity index (χ4n) is 0.583. The van der Waals surface area contributed by atoms with E-state index >= 15 is 0 Å². The van der Waals surface area contributed by atoms with Gasteiger partial charge in [0.15, 0.2) is 0 Å². The molecule has 0 fully saturated rings. The predicted molar refractivity (Wildman–Crippen MR) is 53.8 cm³/mol. The van der Waals surface area contributed by atoms with E-state index in [1.54, 1.807) is 0 Å². The lowest BCUT2D eigenvalue weighted by atomic mass is 10.4. The van der Waals surface area contributed by atoms with Crippen LogP contribution in [0.4, 0.5) is 0 Å². The van der Waals surface area contributed by atoms with Gasteiger partial charge in [-0.2, -0.15) is 11.8 Å². The molecule has 0 bridgehead atoms. The van der Waals surface area contributed by atoms with Crippen molar-refractivity contribution < 1.29 is 4.74 Å². The van der Waals surface area contributed by atoms with Crippen LogP contribution in [-0.2, 0) is 4.74 Å². The minimum atomic E-state index is 0.605. The highest BCUT2D eigenvalue weighted by Gasteiger charge is 1.97. The van der Waals surface area contributed by atoms with Gasteiger partial charge in [-0.25, -0.2) is 0 Å². The third-order valence-corrected chi connectivity index (χ3v) is 2.89. The molecule has 1 atom stereocenters. The first kappa shape index (κ1) is 11.6. The van der Waals surface area contributed by atoms with Crippen LogP contribution in [-0.4, -0.2) is 30.1 Å². The number of hydrogen-bond donors (Lipinski definition) is 0. The average Bonchev–Trinajstić information content (AvgIpc) is 2.04. The zero-order valence-electron chi connectivity index (χ0n) is 7.31. The first-order chi connectivity index (χ1) is 5.31. The van der Waals surface area contributed by atoms with Gasteiger partial charge in [-0.1, -0.05) is 13.8 Å². The van der Waals surface area contributed by atoms with Crippen LogP contribution < -0.4 is 0 Å². The fraction of sp³-hybridized carbons (Fsp3) is 1.00. The molecule has 0 aromatic rings. The molecule has 0 saturated heterocycles. The Morgan fingerprint density at radius 3 is 2.73 bits per heavy atom. The number of rotatable bonds is 7. The molecule has 1 unspecified atom stereocenters. The summed E-state index contributed by atoms with van der Waals surface area (Å²) in [7, 11) is 0. The molecule has 11 heavy (non-hydrogen) atoms. The summed E-state index contributed by atoms with van der Waals surface area (Å²) in [4.78, 5) is 0. The largest absolute Gasteiger partial charge is 0.379 e. The highest BCUT2D eigenvalue weighted by Crippen LogP contribution is 2.12. The predicted octanol–water partition coefficient (Wildman–Crippen LogP) is 2.77. The van der Waals surface area contributed by atoms with E-state index in [0.717, 1.165) is 17.6 Å². The standard InChI is InChI=1S/C8H17ClOS/c1-3-8(2)11-7-6-10-5-4-9/h8H,3-7H2,1-2H3. The number of thioether (sulfide) groups is 1. The van der Waals surface area contributed by atoms with Crippen molar-refractivity contribution in [1.29, 1.82) is 0 Å². The van der Waals surface area contributed by atoms with Crippen LogP contribution in [0, 0.1) is 0 Å². The Hall–Kier alpha value is 0.600. The normalized spacial score (nSPS) is 13.4. The van der Waals surface area contributed by atoms with Crippen LogP contribution in [0.15, 0.2) is 0 Å². The SMILES string of the molecule is CCC(C)SCCOCCCl. The first-order valence-electron chi connectivity index (χ1n) is 4.06. The molecule has 0 amide bonds. The monoisotopic (exact) mass is 196 g/mol. The topological polar surface area (TPSA) is 9.23 Å². The van der Waals surface area contributed by atoms with Gasteiger partial charge in [0.1, 0.15) is 0 Å². The van der Waals surface area contributed by atoms with Crippen molar-refractivity contribution >= 4 is 23.4 Å². The second-order valence-corrected chi connectivity index (χ2v) is 4.32. The fourth-order valence-corrected chi connectivity index (χ4v) is 1.54. The Morgan fingerprint density at radius 1 is 1.45 bits per heavy atom. The van der Waals surface area contributed by atoms with Crippen molar-refractivity contribution in [3.05, 3.63) is 0 Å². The molecular formula is C8H17ClOS.